The summed E-state index contributed by atoms with van der Waals surface area (Å²) >= 11 is 0. The van der Waals surface area contributed by atoms with E-state index in [1.54, 1.807) is 0 Å². The van der Waals surface area contributed by atoms with Crippen LogP contribution in [0.25, 0.3) is 0 Å². The number of hydrogen-bond donors (Lipinski definition) is 1. The van der Waals surface area contributed by atoms with Gasteiger partial charge in [-0.3, -0.25) is 0 Å². The van der Waals surface area contributed by atoms with Crippen molar-refractivity contribution < 1.29 is 0 Å². The molecule has 0 aliphatic heterocycles. The molecule has 3 unspecified atom stereocenters. The third kappa shape index (κ3) is 1.76. The zero-order valence-corrected chi connectivity index (χ0v) is 9.27. The summed E-state index contributed by atoms with van der Waals surface area (Å²) in [4.78, 5) is 0. The molecule has 76 valence electrons. The fourth-order valence-corrected chi connectivity index (χ4v) is 3.66. The van der Waals surface area contributed by atoms with Gasteiger partial charge in [0, 0.05) is 11.6 Å². The maximum atomic E-state index is 3.79. The highest BCUT2D eigenvalue weighted by Crippen LogP contribution is 2.48. The molecular formula is C12H23N. The first-order valence-corrected chi connectivity index (χ1v) is 5.88. The third-order valence-corrected chi connectivity index (χ3v) is 4.01. The van der Waals surface area contributed by atoms with E-state index >= 15 is 0 Å². The molecule has 1 N–H and O–H groups in total. The molecule has 1 heteroatoms. The van der Waals surface area contributed by atoms with Crippen LogP contribution in [-0.2, 0) is 0 Å². The summed E-state index contributed by atoms with van der Waals surface area (Å²) < 4.78 is 0. The van der Waals surface area contributed by atoms with Crippen molar-refractivity contribution >= 4 is 0 Å². The summed E-state index contributed by atoms with van der Waals surface area (Å²) in [6, 6.07) is 0.643. The van der Waals surface area contributed by atoms with Gasteiger partial charge in [0.05, 0.1) is 0 Å². The van der Waals surface area contributed by atoms with Gasteiger partial charge >= 0.3 is 0 Å². The van der Waals surface area contributed by atoms with Crippen LogP contribution in [0.15, 0.2) is 0 Å². The summed E-state index contributed by atoms with van der Waals surface area (Å²) in [7, 11) is 0. The van der Waals surface area contributed by atoms with Crippen molar-refractivity contribution in [2.75, 3.05) is 0 Å². The molecule has 0 heterocycles. The Balaban J connectivity index is 2.05. The topological polar surface area (TPSA) is 12.0 Å². The van der Waals surface area contributed by atoms with Crippen LogP contribution in [0.2, 0.25) is 0 Å². The molecule has 2 rings (SSSR count). The molecule has 2 bridgehead atoms. The number of hydrogen-bond acceptors (Lipinski definition) is 1. The lowest BCUT2D eigenvalue weighted by atomic mass is 9.83. The standard InChI is InChI=1S/C12H23N/c1-9(2)13-12(3)8-10-5-4-6-11(12)7-10/h9-11,13H,4-8H2,1-3H3. The predicted molar refractivity (Wildman–Crippen MR) is 56.7 cm³/mol. The van der Waals surface area contributed by atoms with E-state index in [2.05, 4.69) is 26.1 Å². The van der Waals surface area contributed by atoms with Crippen LogP contribution in [0.3, 0.4) is 0 Å². The van der Waals surface area contributed by atoms with E-state index in [4.69, 9.17) is 0 Å². The molecule has 0 aromatic heterocycles. The molecule has 1 nitrogen and oxygen atoms in total. The van der Waals surface area contributed by atoms with E-state index < -0.39 is 0 Å². The highest BCUT2D eigenvalue weighted by Gasteiger charge is 2.45. The Hall–Kier alpha value is -0.0400. The smallest absolute Gasteiger partial charge is 0.0186 e. The SMILES string of the molecule is CC(C)NC1(C)CC2CCCC1C2. The number of nitrogens with one attached hydrogen (secondary N) is 1. The first-order chi connectivity index (χ1) is 6.10. The second-order valence-corrected chi connectivity index (χ2v) is 5.65. The molecule has 0 saturated heterocycles. The Bertz CT molecular complexity index is 184. The van der Waals surface area contributed by atoms with Crippen molar-refractivity contribution in [2.45, 2.75) is 64.5 Å². The molecular weight excluding hydrogens is 158 g/mol. The molecule has 0 radical (unpaired) electrons. The zero-order chi connectivity index (χ0) is 9.47. The second-order valence-electron chi connectivity index (χ2n) is 5.65. The zero-order valence-electron chi connectivity index (χ0n) is 9.27. The molecule has 2 saturated carbocycles. The minimum Gasteiger partial charge on any atom is -0.309 e. The van der Waals surface area contributed by atoms with Crippen molar-refractivity contribution in [1.82, 2.24) is 5.32 Å². The van der Waals surface area contributed by atoms with Gasteiger partial charge in [-0.15, -0.1) is 0 Å². The first-order valence-electron chi connectivity index (χ1n) is 5.88. The van der Waals surface area contributed by atoms with Crippen LogP contribution in [-0.4, -0.2) is 11.6 Å². The van der Waals surface area contributed by atoms with Crippen LogP contribution >= 0.6 is 0 Å². The fourth-order valence-electron chi connectivity index (χ4n) is 3.66. The van der Waals surface area contributed by atoms with Crippen molar-refractivity contribution in [2.24, 2.45) is 11.8 Å². The average Bonchev–Trinajstić information content (AvgIpc) is 2.21. The molecule has 2 fully saturated rings. The molecule has 3 atom stereocenters. The molecule has 2 aliphatic carbocycles. The normalized spacial score (nSPS) is 44.3. The van der Waals surface area contributed by atoms with Gasteiger partial charge in [0.25, 0.3) is 0 Å². The average molecular weight is 181 g/mol. The van der Waals surface area contributed by atoms with Gasteiger partial charge in [0.15, 0.2) is 0 Å². The van der Waals surface area contributed by atoms with Crippen LogP contribution < -0.4 is 5.32 Å². The van der Waals surface area contributed by atoms with E-state index in [1.165, 1.54) is 32.1 Å². The van der Waals surface area contributed by atoms with Crippen molar-refractivity contribution in [3.63, 3.8) is 0 Å². The maximum Gasteiger partial charge on any atom is 0.0186 e. The Morgan fingerprint density at radius 2 is 2.08 bits per heavy atom. The molecule has 13 heavy (non-hydrogen) atoms. The van der Waals surface area contributed by atoms with Crippen LogP contribution in [0.5, 0.6) is 0 Å². The Morgan fingerprint density at radius 1 is 1.31 bits per heavy atom. The number of fused-ring (bicyclic) bond motifs is 2. The van der Waals surface area contributed by atoms with Gasteiger partial charge in [-0.1, -0.05) is 26.7 Å². The molecule has 0 aromatic rings. The Kier molecular flexibility index (Phi) is 2.39. The predicted octanol–water partition coefficient (Wildman–Crippen LogP) is 2.95. The Morgan fingerprint density at radius 3 is 2.69 bits per heavy atom. The monoisotopic (exact) mass is 181 g/mol. The van der Waals surface area contributed by atoms with E-state index in [0.29, 0.717) is 11.6 Å². The van der Waals surface area contributed by atoms with Crippen LogP contribution in [0.1, 0.15) is 52.9 Å². The summed E-state index contributed by atoms with van der Waals surface area (Å²) in [6.45, 7) is 6.99. The van der Waals surface area contributed by atoms with Crippen molar-refractivity contribution in [3.05, 3.63) is 0 Å². The lowest BCUT2D eigenvalue weighted by molar-refractivity contribution is 0.236. The van der Waals surface area contributed by atoms with Crippen molar-refractivity contribution in [1.29, 1.82) is 0 Å². The van der Waals surface area contributed by atoms with Crippen LogP contribution in [0.4, 0.5) is 0 Å². The van der Waals surface area contributed by atoms with Crippen LogP contribution in [0, 0.1) is 11.8 Å². The largest absolute Gasteiger partial charge is 0.309 e. The molecule has 0 aromatic carbocycles. The quantitative estimate of drug-likeness (QED) is 0.690. The van der Waals surface area contributed by atoms with E-state index in [-0.39, 0.29) is 0 Å². The summed E-state index contributed by atoms with van der Waals surface area (Å²) in [5, 5.41) is 3.79. The highest BCUT2D eigenvalue weighted by atomic mass is 15.0. The maximum absolute atomic E-state index is 3.79. The Labute approximate surface area is 82.3 Å². The van der Waals surface area contributed by atoms with Gasteiger partial charge in [-0.2, -0.15) is 0 Å². The van der Waals surface area contributed by atoms with Gasteiger partial charge in [0.1, 0.15) is 0 Å². The summed E-state index contributed by atoms with van der Waals surface area (Å²) in [5.74, 6) is 2.00. The minimum atomic E-state index is 0.468. The van der Waals surface area contributed by atoms with Gasteiger partial charge in [-0.25, -0.2) is 0 Å². The van der Waals surface area contributed by atoms with E-state index in [1.807, 2.05) is 0 Å². The van der Waals surface area contributed by atoms with E-state index in [0.717, 1.165) is 11.8 Å². The highest BCUT2D eigenvalue weighted by molar-refractivity contribution is 5.01. The first kappa shape index (κ1) is 9.51. The van der Waals surface area contributed by atoms with Gasteiger partial charge in [-0.05, 0) is 38.0 Å². The fraction of sp³-hybridized carbons (Fsp3) is 1.00. The number of rotatable bonds is 2. The third-order valence-electron chi connectivity index (χ3n) is 4.01. The lowest BCUT2D eigenvalue weighted by Crippen LogP contribution is -2.48. The summed E-state index contributed by atoms with van der Waals surface area (Å²) in [5.41, 5.74) is 0.468. The van der Waals surface area contributed by atoms with Gasteiger partial charge < -0.3 is 5.32 Å². The molecule has 0 spiro atoms. The van der Waals surface area contributed by atoms with Crippen molar-refractivity contribution in [3.8, 4) is 0 Å². The van der Waals surface area contributed by atoms with Gasteiger partial charge in [0.2, 0.25) is 0 Å². The molecule has 2 aliphatic rings. The van der Waals surface area contributed by atoms with E-state index in [9.17, 15) is 0 Å². The molecule has 0 amide bonds. The minimum absolute atomic E-state index is 0.468. The lowest BCUT2D eigenvalue weighted by Gasteiger charge is -2.34. The second kappa shape index (κ2) is 3.27. The summed E-state index contributed by atoms with van der Waals surface area (Å²) in [6.07, 6.45) is 7.36.